The SMILES string of the molecule is CN(C)CC1CCc2cc(OCc3cccc(-c4ccc(F)cc4)c3)ccc2C1.Cl. The van der Waals surface area contributed by atoms with Crippen molar-refractivity contribution in [2.24, 2.45) is 5.92 Å². The van der Waals surface area contributed by atoms with Gasteiger partial charge in [0.05, 0.1) is 0 Å². The molecule has 1 aliphatic rings. The van der Waals surface area contributed by atoms with Crippen LogP contribution in [0.15, 0.2) is 66.7 Å². The third-order valence-electron chi connectivity index (χ3n) is 5.64. The molecule has 0 fully saturated rings. The highest BCUT2D eigenvalue weighted by Gasteiger charge is 2.19. The molecule has 30 heavy (non-hydrogen) atoms. The second kappa shape index (κ2) is 10.1. The average Bonchev–Trinajstić information content (AvgIpc) is 2.72. The monoisotopic (exact) mass is 425 g/mol. The first-order valence-electron chi connectivity index (χ1n) is 10.3. The van der Waals surface area contributed by atoms with Crippen LogP contribution in [-0.4, -0.2) is 25.5 Å². The fourth-order valence-corrected chi connectivity index (χ4v) is 4.22. The molecule has 0 amide bonds. The van der Waals surface area contributed by atoms with Crippen LogP contribution in [0.5, 0.6) is 5.75 Å². The molecule has 0 saturated heterocycles. The number of hydrogen-bond donors (Lipinski definition) is 0. The van der Waals surface area contributed by atoms with Crippen molar-refractivity contribution >= 4 is 12.4 Å². The van der Waals surface area contributed by atoms with Gasteiger partial charge in [-0.1, -0.05) is 36.4 Å². The van der Waals surface area contributed by atoms with Crippen molar-refractivity contribution in [3.8, 4) is 16.9 Å². The summed E-state index contributed by atoms with van der Waals surface area (Å²) in [5.41, 5.74) is 6.08. The third-order valence-corrected chi connectivity index (χ3v) is 5.64. The molecule has 3 aromatic carbocycles. The molecular weight excluding hydrogens is 397 g/mol. The number of aryl methyl sites for hydroxylation is 1. The third kappa shape index (κ3) is 5.62. The Morgan fingerprint density at radius 3 is 2.50 bits per heavy atom. The summed E-state index contributed by atoms with van der Waals surface area (Å²) in [7, 11) is 4.30. The predicted octanol–water partition coefficient (Wildman–Crippen LogP) is 6.16. The quantitative estimate of drug-likeness (QED) is 0.469. The zero-order chi connectivity index (χ0) is 20.2. The van der Waals surface area contributed by atoms with E-state index in [1.54, 1.807) is 0 Å². The van der Waals surface area contributed by atoms with Crippen molar-refractivity contribution in [1.82, 2.24) is 4.90 Å². The number of hydrogen-bond acceptors (Lipinski definition) is 2. The fraction of sp³-hybridized carbons (Fsp3) is 0.308. The van der Waals surface area contributed by atoms with E-state index in [1.807, 2.05) is 24.3 Å². The van der Waals surface area contributed by atoms with Gasteiger partial charge in [0.25, 0.3) is 0 Å². The lowest BCUT2D eigenvalue weighted by Crippen LogP contribution is -2.26. The maximum absolute atomic E-state index is 13.2. The van der Waals surface area contributed by atoms with Gasteiger partial charge in [-0.15, -0.1) is 12.4 Å². The molecule has 1 unspecified atom stereocenters. The van der Waals surface area contributed by atoms with Crippen molar-refractivity contribution in [3.05, 3.63) is 89.2 Å². The topological polar surface area (TPSA) is 12.5 Å². The highest BCUT2D eigenvalue weighted by Crippen LogP contribution is 2.29. The van der Waals surface area contributed by atoms with Gasteiger partial charge < -0.3 is 9.64 Å². The number of rotatable bonds is 6. The summed E-state index contributed by atoms with van der Waals surface area (Å²) >= 11 is 0. The summed E-state index contributed by atoms with van der Waals surface area (Å²) in [5, 5.41) is 0. The number of halogens is 2. The molecule has 0 spiro atoms. The van der Waals surface area contributed by atoms with Crippen molar-refractivity contribution < 1.29 is 9.13 Å². The molecule has 4 heteroatoms. The highest BCUT2D eigenvalue weighted by molar-refractivity contribution is 5.85. The summed E-state index contributed by atoms with van der Waals surface area (Å²) in [6.07, 6.45) is 3.53. The molecule has 0 heterocycles. The van der Waals surface area contributed by atoms with Crippen molar-refractivity contribution in [2.75, 3.05) is 20.6 Å². The molecule has 2 nitrogen and oxygen atoms in total. The van der Waals surface area contributed by atoms with Crippen LogP contribution in [-0.2, 0) is 19.4 Å². The smallest absolute Gasteiger partial charge is 0.123 e. The minimum absolute atomic E-state index is 0. The Labute approximate surface area is 185 Å². The first kappa shape index (κ1) is 22.3. The van der Waals surface area contributed by atoms with E-state index in [0.717, 1.165) is 47.7 Å². The standard InChI is InChI=1S/C26H28FNO.ClH/c1-28(2)17-19-6-7-24-16-26(13-10-23(24)14-19)29-18-20-4-3-5-22(15-20)21-8-11-25(27)12-9-21;/h3-5,8-13,15-16,19H,6-7,14,17-18H2,1-2H3;1H. The molecule has 3 aromatic rings. The molecular formula is C26H29ClFNO. The predicted molar refractivity (Wildman–Crippen MR) is 124 cm³/mol. The number of fused-ring (bicyclic) bond motifs is 1. The maximum atomic E-state index is 13.2. The molecule has 0 aromatic heterocycles. The minimum atomic E-state index is -0.214. The molecule has 4 rings (SSSR count). The van der Waals surface area contributed by atoms with E-state index >= 15 is 0 Å². The lowest BCUT2D eigenvalue weighted by Gasteiger charge is -2.27. The molecule has 0 radical (unpaired) electrons. The summed E-state index contributed by atoms with van der Waals surface area (Å²) in [6.45, 7) is 1.68. The van der Waals surface area contributed by atoms with E-state index < -0.39 is 0 Å². The summed E-state index contributed by atoms with van der Waals surface area (Å²) in [5.74, 6) is 1.47. The Bertz CT molecular complexity index is 971. The van der Waals surface area contributed by atoms with Crippen LogP contribution >= 0.6 is 12.4 Å². The van der Waals surface area contributed by atoms with Gasteiger partial charge in [0.2, 0.25) is 0 Å². The van der Waals surface area contributed by atoms with Crippen LogP contribution in [0, 0.1) is 11.7 Å². The molecule has 1 aliphatic carbocycles. The van der Waals surface area contributed by atoms with Crippen LogP contribution in [0.4, 0.5) is 4.39 Å². The number of benzene rings is 3. The van der Waals surface area contributed by atoms with Crippen LogP contribution in [0.25, 0.3) is 11.1 Å². The number of ether oxygens (including phenoxy) is 1. The van der Waals surface area contributed by atoms with Gasteiger partial charge >= 0.3 is 0 Å². The van der Waals surface area contributed by atoms with Crippen molar-refractivity contribution in [1.29, 1.82) is 0 Å². The van der Waals surface area contributed by atoms with Gasteiger partial charge in [-0.2, -0.15) is 0 Å². The van der Waals surface area contributed by atoms with Crippen LogP contribution in [0.3, 0.4) is 0 Å². The van der Waals surface area contributed by atoms with Gasteiger partial charge in [-0.25, -0.2) is 4.39 Å². The van der Waals surface area contributed by atoms with Gasteiger partial charge in [0, 0.05) is 6.54 Å². The van der Waals surface area contributed by atoms with Crippen LogP contribution in [0.1, 0.15) is 23.1 Å². The Balaban J connectivity index is 0.00000256. The first-order chi connectivity index (χ1) is 14.1. The molecule has 0 N–H and O–H groups in total. The Morgan fingerprint density at radius 1 is 0.933 bits per heavy atom. The highest BCUT2D eigenvalue weighted by atomic mass is 35.5. The average molecular weight is 426 g/mol. The molecule has 0 bridgehead atoms. The number of nitrogens with zero attached hydrogens (tertiary/aromatic N) is 1. The van der Waals surface area contributed by atoms with Gasteiger partial charge in [-0.05, 0) is 97.4 Å². The van der Waals surface area contributed by atoms with E-state index in [2.05, 4.69) is 49.3 Å². The van der Waals surface area contributed by atoms with Crippen molar-refractivity contribution in [2.45, 2.75) is 25.9 Å². The Kier molecular flexibility index (Phi) is 7.52. The fourth-order valence-electron chi connectivity index (χ4n) is 4.22. The maximum Gasteiger partial charge on any atom is 0.123 e. The van der Waals surface area contributed by atoms with Gasteiger partial charge in [0.15, 0.2) is 0 Å². The van der Waals surface area contributed by atoms with Crippen LogP contribution < -0.4 is 4.74 Å². The van der Waals surface area contributed by atoms with E-state index in [-0.39, 0.29) is 18.2 Å². The zero-order valence-electron chi connectivity index (χ0n) is 17.6. The molecule has 158 valence electrons. The Hall–Kier alpha value is -2.36. The molecule has 0 aliphatic heterocycles. The molecule has 1 atom stereocenters. The van der Waals surface area contributed by atoms with E-state index in [9.17, 15) is 4.39 Å². The second-order valence-corrected chi connectivity index (χ2v) is 8.30. The van der Waals surface area contributed by atoms with Crippen LogP contribution in [0.2, 0.25) is 0 Å². The van der Waals surface area contributed by atoms with E-state index in [4.69, 9.17) is 4.74 Å². The summed E-state index contributed by atoms with van der Waals surface area (Å²) in [4.78, 5) is 2.28. The largest absolute Gasteiger partial charge is 0.489 e. The second-order valence-electron chi connectivity index (χ2n) is 8.30. The lowest BCUT2D eigenvalue weighted by atomic mass is 9.83. The summed E-state index contributed by atoms with van der Waals surface area (Å²) in [6, 6.07) is 21.4. The van der Waals surface area contributed by atoms with E-state index in [0.29, 0.717) is 6.61 Å². The van der Waals surface area contributed by atoms with E-state index in [1.165, 1.54) is 29.7 Å². The van der Waals surface area contributed by atoms with Gasteiger partial charge in [0.1, 0.15) is 18.2 Å². The molecule has 0 saturated carbocycles. The first-order valence-corrected chi connectivity index (χ1v) is 10.3. The minimum Gasteiger partial charge on any atom is -0.489 e. The normalized spacial score (nSPS) is 15.4. The summed E-state index contributed by atoms with van der Waals surface area (Å²) < 4.78 is 19.3. The lowest BCUT2D eigenvalue weighted by molar-refractivity contribution is 0.297. The van der Waals surface area contributed by atoms with Crippen molar-refractivity contribution in [3.63, 3.8) is 0 Å². The zero-order valence-corrected chi connectivity index (χ0v) is 18.4. The Morgan fingerprint density at radius 2 is 1.73 bits per heavy atom. The van der Waals surface area contributed by atoms with Gasteiger partial charge in [-0.3, -0.25) is 0 Å².